The van der Waals surface area contributed by atoms with Crippen molar-refractivity contribution in [3.05, 3.63) is 0 Å². The van der Waals surface area contributed by atoms with E-state index in [0.29, 0.717) is 11.9 Å². The first-order valence-corrected chi connectivity index (χ1v) is 8.54. The van der Waals surface area contributed by atoms with Gasteiger partial charge in [-0.3, -0.25) is 9.79 Å². The molecule has 6 heteroatoms. The molecule has 0 atom stereocenters. The van der Waals surface area contributed by atoms with Crippen LogP contribution >= 0.6 is 0 Å². The Balaban J connectivity index is 2.02. The van der Waals surface area contributed by atoms with Crippen molar-refractivity contribution in [3.8, 4) is 0 Å². The molecule has 0 radical (unpaired) electrons. The molecule has 1 aliphatic heterocycles. The van der Waals surface area contributed by atoms with Crippen molar-refractivity contribution in [2.24, 2.45) is 28.3 Å². The summed E-state index contributed by atoms with van der Waals surface area (Å²) in [5.74, 6) is 1.17. The molecular weight excluding hydrogens is 278 g/mol. The molecule has 128 valence electrons. The fourth-order valence-corrected chi connectivity index (χ4v) is 2.63. The summed E-state index contributed by atoms with van der Waals surface area (Å²) in [5, 5.41) is 3.14. The van der Waals surface area contributed by atoms with E-state index in [4.69, 9.17) is 11.5 Å². The molecule has 1 rings (SSSR count). The highest BCUT2D eigenvalue weighted by Gasteiger charge is 2.22. The quantitative estimate of drug-likeness (QED) is 0.335. The number of primary amides is 1. The molecule has 1 heterocycles. The lowest BCUT2D eigenvalue weighted by atomic mass is 9.96. The molecule has 1 aliphatic rings. The summed E-state index contributed by atoms with van der Waals surface area (Å²) in [4.78, 5) is 17.9. The van der Waals surface area contributed by atoms with Crippen molar-refractivity contribution in [2.45, 2.75) is 46.0 Å². The van der Waals surface area contributed by atoms with Gasteiger partial charge in [0, 0.05) is 19.0 Å². The van der Waals surface area contributed by atoms with Crippen LogP contribution in [-0.4, -0.2) is 49.5 Å². The minimum atomic E-state index is -0.144. The first-order valence-electron chi connectivity index (χ1n) is 8.54. The van der Waals surface area contributed by atoms with E-state index in [1.165, 1.54) is 0 Å². The molecule has 0 spiro atoms. The number of aliphatic imine (C=N–C) groups is 1. The number of hydrogen-bond acceptors (Lipinski definition) is 3. The zero-order valence-electron chi connectivity index (χ0n) is 14.2. The zero-order chi connectivity index (χ0) is 16.4. The van der Waals surface area contributed by atoms with Crippen LogP contribution in [0.4, 0.5) is 0 Å². The van der Waals surface area contributed by atoms with Gasteiger partial charge in [0.25, 0.3) is 0 Å². The summed E-state index contributed by atoms with van der Waals surface area (Å²) in [6, 6.07) is 0. The van der Waals surface area contributed by atoms with Crippen molar-refractivity contribution < 1.29 is 4.79 Å². The maximum absolute atomic E-state index is 11.1. The molecule has 5 N–H and O–H groups in total. The molecule has 0 saturated carbocycles. The molecule has 1 saturated heterocycles. The van der Waals surface area contributed by atoms with Crippen LogP contribution in [0.3, 0.4) is 0 Å². The van der Waals surface area contributed by atoms with Crippen LogP contribution in [0.25, 0.3) is 0 Å². The summed E-state index contributed by atoms with van der Waals surface area (Å²) >= 11 is 0. The van der Waals surface area contributed by atoms with Gasteiger partial charge in [0.05, 0.1) is 0 Å². The van der Waals surface area contributed by atoms with E-state index in [9.17, 15) is 4.79 Å². The van der Waals surface area contributed by atoms with Crippen molar-refractivity contribution >= 4 is 11.9 Å². The van der Waals surface area contributed by atoms with Crippen LogP contribution in [-0.2, 0) is 4.79 Å². The molecular formula is C16H33N5O. The highest BCUT2D eigenvalue weighted by atomic mass is 16.1. The lowest BCUT2D eigenvalue weighted by Crippen LogP contribution is -2.38. The number of nitrogens with zero attached hydrogens (tertiary/aromatic N) is 2. The number of nitrogens with one attached hydrogen (secondary N) is 1. The lowest BCUT2D eigenvalue weighted by Gasteiger charge is -2.30. The number of rotatable bonds is 9. The molecule has 0 aliphatic carbocycles. The Morgan fingerprint density at radius 3 is 2.55 bits per heavy atom. The first-order chi connectivity index (χ1) is 10.5. The molecule has 22 heavy (non-hydrogen) atoms. The largest absolute Gasteiger partial charge is 0.370 e. The van der Waals surface area contributed by atoms with Gasteiger partial charge in [-0.25, -0.2) is 0 Å². The van der Waals surface area contributed by atoms with E-state index in [1.807, 2.05) is 0 Å². The number of likely N-dealkylation sites (tertiary alicyclic amines) is 1. The standard InChI is InChI=1S/C16H33N5O/c1-13(2)5-9-20-16(18)19-8-3-4-10-21-11-6-14(7-12-21)15(17)22/h13-14H,3-12H2,1-2H3,(H2,17,22)(H3,18,19,20). The molecule has 0 aromatic heterocycles. The van der Waals surface area contributed by atoms with E-state index in [-0.39, 0.29) is 11.8 Å². The Kier molecular flexibility index (Phi) is 8.89. The van der Waals surface area contributed by atoms with Crippen LogP contribution in [0.1, 0.15) is 46.0 Å². The SMILES string of the molecule is CC(C)CCNC(N)=NCCCCN1CCC(C(N)=O)CC1. The van der Waals surface area contributed by atoms with Crippen molar-refractivity contribution in [3.63, 3.8) is 0 Å². The maximum atomic E-state index is 11.1. The van der Waals surface area contributed by atoms with E-state index < -0.39 is 0 Å². The molecule has 0 aromatic carbocycles. The maximum Gasteiger partial charge on any atom is 0.220 e. The number of piperidine rings is 1. The van der Waals surface area contributed by atoms with Gasteiger partial charge in [-0.15, -0.1) is 0 Å². The molecule has 6 nitrogen and oxygen atoms in total. The number of carbonyl (C=O) groups excluding carboxylic acids is 1. The molecule has 0 aromatic rings. The summed E-state index contributed by atoms with van der Waals surface area (Å²) < 4.78 is 0. The smallest absolute Gasteiger partial charge is 0.220 e. The minimum Gasteiger partial charge on any atom is -0.370 e. The third-order valence-corrected chi connectivity index (χ3v) is 4.18. The van der Waals surface area contributed by atoms with Gasteiger partial charge < -0.3 is 21.7 Å². The van der Waals surface area contributed by atoms with Crippen LogP contribution < -0.4 is 16.8 Å². The van der Waals surface area contributed by atoms with E-state index >= 15 is 0 Å². The number of hydrogen-bond donors (Lipinski definition) is 3. The minimum absolute atomic E-state index is 0.0811. The van der Waals surface area contributed by atoms with Gasteiger partial charge in [0.15, 0.2) is 5.96 Å². The van der Waals surface area contributed by atoms with E-state index in [1.54, 1.807) is 0 Å². The second-order valence-corrected chi connectivity index (χ2v) is 6.60. The molecule has 0 unspecified atom stereocenters. The Morgan fingerprint density at radius 2 is 1.95 bits per heavy atom. The second-order valence-electron chi connectivity index (χ2n) is 6.60. The third-order valence-electron chi connectivity index (χ3n) is 4.18. The van der Waals surface area contributed by atoms with Crippen LogP contribution in [0.2, 0.25) is 0 Å². The Labute approximate surface area is 134 Å². The third kappa shape index (κ3) is 8.22. The normalized spacial score (nSPS) is 17.9. The highest BCUT2D eigenvalue weighted by Crippen LogP contribution is 2.16. The molecule has 1 fully saturated rings. The van der Waals surface area contributed by atoms with E-state index in [2.05, 4.69) is 29.1 Å². The molecule has 0 bridgehead atoms. The van der Waals surface area contributed by atoms with Gasteiger partial charge in [-0.2, -0.15) is 0 Å². The number of nitrogens with two attached hydrogens (primary N) is 2. The first kappa shape index (κ1) is 18.7. The Bertz CT molecular complexity index is 348. The Hall–Kier alpha value is -1.30. The van der Waals surface area contributed by atoms with Gasteiger partial charge in [-0.05, 0) is 57.7 Å². The summed E-state index contributed by atoms with van der Waals surface area (Å²) in [7, 11) is 0. The Morgan fingerprint density at radius 1 is 1.27 bits per heavy atom. The number of guanidine groups is 1. The van der Waals surface area contributed by atoms with Crippen molar-refractivity contribution in [1.29, 1.82) is 0 Å². The summed E-state index contributed by atoms with van der Waals surface area (Å²) in [5.41, 5.74) is 11.2. The predicted octanol–water partition coefficient (Wildman–Crippen LogP) is 0.914. The number of unbranched alkanes of at least 4 members (excludes halogenated alkanes) is 1. The predicted molar refractivity (Wildman–Crippen MR) is 91.5 cm³/mol. The van der Waals surface area contributed by atoms with Crippen molar-refractivity contribution in [2.75, 3.05) is 32.7 Å². The second kappa shape index (κ2) is 10.4. The fraction of sp³-hybridized carbons (Fsp3) is 0.875. The lowest BCUT2D eigenvalue weighted by molar-refractivity contribution is -0.123. The van der Waals surface area contributed by atoms with Crippen molar-refractivity contribution in [1.82, 2.24) is 10.2 Å². The van der Waals surface area contributed by atoms with Crippen LogP contribution in [0.5, 0.6) is 0 Å². The fourth-order valence-electron chi connectivity index (χ4n) is 2.63. The summed E-state index contributed by atoms with van der Waals surface area (Å²) in [6.45, 7) is 9.09. The van der Waals surface area contributed by atoms with Gasteiger partial charge >= 0.3 is 0 Å². The highest BCUT2D eigenvalue weighted by molar-refractivity contribution is 5.77. The van der Waals surface area contributed by atoms with Gasteiger partial charge in [0.2, 0.25) is 5.91 Å². The molecule has 1 amide bonds. The topological polar surface area (TPSA) is 96.7 Å². The number of amides is 1. The van der Waals surface area contributed by atoms with Gasteiger partial charge in [0.1, 0.15) is 0 Å². The average molecular weight is 311 g/mol. The summed E-state index contributed by atoms with van der Waals surface area (Å²) in [6.07, 6.45) is 5.07. The van der Waals surface area contributed by atoms with Gasteiger partial charge in [-0.1, -0.05) is 13.8 Å². The monoisotopic (exact) mass is 311 g/mol. The number of carbonyl (C=O) groups is 1. The zero-order valence-corrected chi connectivity index (χ0v) is 14.2. The van der Waals surface area contributed by atoms with E-state index in [0.717, 1.165) is 64.8 Å². The van der Waals surface area contributed by atoms with Crippen LogP contribution in [0, 0.1) is 11.8 Å². The average Bonchev–Trinajstić information content (AvgIpc) is 2.47. The van der Waals surface area contributed by atoms with Crippen LogP contribution in [0.15, 0.2) is 4.99 Å².